The second-order valence-corrected chi connectivity index (χ2v) is 6.91. The van der Waals surface area contributed by atoms with Gasteiger partial charge in [0.15, 0.2) is 0 Å². The summed E-state index contributed by atoms with van der Waals surface area (Å²) in [5, 5.41) is 3.07. The van der Waals surface area contributed by atoms with Crippen molar-refractivity contribution in [3.8, 4) is 0 Å². The number of urea groups is 1. The maximum Gasteiger partial charge on any atom is 0.317 e. The Bertz CT molecular complexity index is 747. The van der Waals surface area contributed by atoms with Crippen molar-refractivity contribution in [2.24, 2.45) is 5.92 Å². The molecule has 6 nitrogen and oxygen atoms in total. The molecule has 7 heteroatoms. The Morgan fingerprint density at radius 2 is 2.31 bits per heavy atom. The molecule has 142 valence electrons. The first-order chi connectivity index (χ1) is 12.6. The van der Waals surface area contributed by atoms with Gasteiger partial charge in [-0.3, -0.25) is 0 Å². The number of aromatic amines is 1. The summed E-state index contributed by atoms with van der Waals surface area (Å²) in [6, 6.07) is 4.49. The zero-order chi connectivity index (χ0) is 18.5. The number of aromatic nitrogens is 2. The van der Waals surface area contributed by atoms with Crippen LogP contribution in [0.2, 0.25) is 0 Å². The second kappa shape index (κ2) is 8.49. The summed E-state index contributed by atoms with van der Waals surface area (Å²) < 4.78 is 13.3. The first-order valence-corrected chi connectivity index (χ1v) is 9.48. The molecule has 1 atom stereocenters. The molecule has 2 N–H and O–H groups in total. The number of hydrogen-bond donors (Lipinski definition) is 2. The van der Waals surface area contributed by atoms with Gasteiger partial charge in [0.1, 0.15) is 11.6 Å². The van der Waals surface area contributed by atoms with Gasteiger partial charge in [-0.25, -0.2) is 14.2 Å². The highest BCUT2D eigenvalue weighted by atomic mass is 19.1. The molecule has 26 heavy (non-hydrogen) atoms. The number of nitrogens with one attached hydrogen (secondary N) is 2. The lowest BCUT2D eigenvalue weighted by Crippen LogP contribution is -2.43. The molecule has 1 aromatic heterocycles. The molecule has 0 bridgehead atoms. The van der Waals surface area contributed by atoms with Crippen LogP contribution in [-0.4, -0.2) is 65.1 Å². The molecule has 1 fully saturated rings. The van der Waals surface area contributed by atoms with Crippen molar-refractivity contribution in [2.45, 2.75) is 26.7 Å². The molecule has 1 aliphatic heterocycles. The van der Waals surface area contributed by atoms with Crippen molar-refractivity contribution in [1.82, 2.24) is 25.1 Å². The molecule has 3 rings (SSSR count). The SMILES string of the molecule is CCN1CC[C@H](CNC(=O)N(CC)CCc2nc3ccc(F)cc3[nH]2)C1. The normalized spacial score (nSPS) is 17.7. The average molecular weight is 361 g/mol. The van der Waals surface area contributed by atoms with E-state index in [1.807, 2.05) is 6.92 Å². The van der Waals surface area contributed by atoms with Crippen LogP contribution >= 0.6 is 0 Å². The highest BCUT2D eigenvalue weighted by Gasteiger charge is 2.22. The molecule has 2 heterocycles. The molecule has 0 spiro atoms. The Labute approximate surface area is 153 Å². The number of imidazole rings is 1. The number of benzene rings is 1. The number of nitrogens with zero attached hydrogens (tertiary/aromatic N) is 3. The van der Waals surface area contributed by atoms with Crippen LogP contribution in [0.3, 0.4) is 0 Å². The first-order valence-electron chi connectivity index (χ1n) is 9.48. The number of H-pyrrole nitrogens is 1. The van der Waals surface area contributed by atoms with Gasteiger partial charge in [0.2, 0.25) is 0 Å². The summed E-state index contributed by atoms with van der Waals surface area (Å²) in [7, 11) is 0. The maximum atomic E-state index is 13.3. The zero-order valence-corrected chi connectivity index (χ0v) is 15.6. The van der Waals surface area contributed by atoms with E-state index in [1.54, 1.807) is 11.0 Å². The van der Waals surface area contributed by atoms with Gasteiger partial charge in [0, 0.05) is 32.6 Å². The van der Waals surface area contributed by atoms with Gasteiger partial charge in [0.25, 0.3) is 0 Å². The smallest absolute Gasteiger partial charge is 0.317 e. The van der Waals surface area contributed by atoms with Crippen LogP contribution in [0.25, 0.3) is 11.0 Å². The summed E-state index contributed by atoms with van der Waals surface area (Å²) in [6.45, 7) is 9.37. The van der Waals surface area contributed by atoms with E-state index in [2.05, 4.69) is 27.1 Å². The van der Waals surface area contributed by atoms with Crippen molar-refractivity contribution in [3.63, 3.8) is 0 Å². The Morgan fingerprint density at radius 3 is 3.04 bits per heavy atom. The molecule has 1 aromatic carbocycles. The molecule has 0 unspecified atom stereocenters. The minimum absolute atomic E-state index is 0.0235. The predicted octanol–water partition coefficient (Wildman–Crippen LogP) is 2.62. The third kappa shape index (κ3) is 4.52. The highest BCUT2D eigenvalue weighted by molar-refractivity contribution is 5.75. The zero-order valence-electron chi connectivity index (χ0n) is 15.6. The lowest BCUT2D eigenvalue weighted by atomic mass is 10.1. The van der Waals surface area contributed by atoms with Crippen molar-refractivity contribution < 1.29 is 9.18 Å². The van der Waals surface area contributed by atoms with E-state index in [4.69, 9.17) is 0 Å². The average Bonchev–Trinajstić information content (AvgIpc) is 3.26. The number of carbonyl (C=O) groups excluding carboxylic acids is 1. The Hall–Kier alpha value is -2.15. The van der Waals surface area contributed by atoms with Crippen LogP contribution < -0.4 is 5.32 Å². The van der Waals surface area contributed by atoms with Crippen molar-refractivity contribution in [1.29, 1.82) is 0 Å². The van der Waals surface area contributed by atoms with Gasteiger partial charge >= 0.3 is 6.03 Å². The largest absolute Gasteiger partial charge is 0.342 e. The van der Waals surface area contributed by atoms with Gasteiger partial charge in [-0.2, -0.15) is 0 Å². The van der Waals surface area contributed by atoms with Gasteiger partial charge in [-0.1, -0.05) is 6.92 Å². The third-order valence-electron chi connectivity index (χ3n) is 5.14. The first kappa shape index (κ1) is 18.6. The quantitative estimate of drug-likeness (QED) is 0.797. The molecule has 0 aliphatic carbocycles. The monoisotopic (exact) mass is 361 g/mol. The molecular formula is C19H28FN5O. The molecule has 0 radical (unpaired) electrons. The number of halogens is 1. The van der Waals surface area contributed by atoms with Gasteiger partial charge in [-0.15, -0.1) is 0 Å². The van der Waals surface area contributed by atoms with E-state index in [9.17, 15) is 9.18 Å². The summed E-state index contributed by atoms with van der Waals surface area (Å²) in [6.07, 6.45) is 1.76. The summed E-state index contributed by atoms with van der Waals surface area (Å²) in [5.41, 5.74) is 1.44. The van der Waals surface area contributed by atoms with Crippen molar-refractivity contribution >= 4 is 17.1 Å². The van der Waals surface area contributed by atoms with Crippen molar-refractivity contribution in [2.75, 3.05) is 39.3 Å². The molecular weight excluding hydrogens is 333 g/mol. The Kier molecular flexibility index (Phi) is 6.08. The van der Waals surface area contributed by atoms with Crippen molar-refractivity contribution in [3.05, 3.63) is 29.8 Å². The van der Waals surface area contributed by atoms with Crippen LogP contribution in [0, 0.1) is 11.7 Å². The lowest BCUT2D eigenvalue weighted by Gasteiger charge is -2.22. The van der Waals surface area contributed by atoms with E-state index >= 15 is 0 Å². The fourth-order valence-electron chi connectivity index (χ4n) is 3.51. The Morgan fingerprint density at radius 1 is 1.46 bits per heavy atom. The minimum atomic E-state index is -0.282. The number of fused-ring (bicyclic) bond motifs is 1. The molecule has 0 saturated carbocycles. The number of likely N-dealkylation sites (tertiary alicyclic amines) is 1. The number of carbonyl (C=O) groups is 1. The number of rotatable bonds is 7. The van der Waals surface area contributed by atoms with E-state index in [0.717, 1.165) is 43.9 Å². The van der Waals surface area contributed by atoms with Crippen LogP contribution in [0.1, 0.15) is 26.1 Å². The van der Waals surface area contributed by atoms with E-state index < -0.39 is 0 Å². The van der Waals surface area contributed by atoms with E-state index in [-0.39, 0.29) is 11.8 Å². The number of likely N-dealkylation sites (N-methyl/N-ethyl adjacent to an activating group) is 1. The number of hydrogen-bond acceptors (Lipinski definition) is 3. The van der Waals surface area contributed by atoms with E-state index in [1.165, 1.54) is 12.1 Å². The standard InChI is InChI=1S/C19H28FN5O/c1-3-24-9-7-14(13-24)12-21-19(26)25(4-2)10-8-18-22-16-6-5-15(20)11-17(16)23-18/h5-6,11,14H,3-4,7-10,12-13H2,1-2H3,(H,21,26)(H,22,23)/t14-/m1/s1. The maximum absolute atomic E-state index is 13.3. The number of amides is 2. The highest BCUT2D eigenvalue weighted by Crippen LogP contribution is 2.15. The topological polar surface area (TPSA) is 64.3 Å². The Balaban J connectivity index is 1.49. The summed E-state index contributed by atoms with van der Waals surface area (Å²) >= 11 is 0. The third-order valence-corrected chi connectivity index (χ3v) is 5.14. The van der Waals surface area contributed by atoms with Crippen LogP contribution in [-0.2, 0) is 6.42 Å². The molecule has 2 aromatic rings. The molecule has 2 amide bonds. The minimum Gasteiger partial charge on any atom is -0.342 e. The van der Waals surface area contributed by atoms with Crippen LogP contribution in [0.5, 0.6) is 0 Å². The van der Waals surface area contributed by atoms with Crippen LogP contribution in [0.4, 0.5) is 9.18 Å². The fourth-order valence-corrected chi connectivity index (χ4v) is 3.51. The van der Waals surface area contributed by atoms with Gasteiger partial charge in [-0.05, 0) is 50.6 Å². The van der Waals surface area contributed by atoms with Gasteiger partial charge < -0.3 is 20.1 Å². The predicted molar refractivity (Wildman–Crippen MR) is 101 cm³/mol. The second-order valence-electron chi connectivity index (χ2n) is 6.91. The van der Waals surface area contributed by atoms with E-state index in [0.29, 0.717) is 30.9 Å². The molecule has 1 aliphatic rings. The lowest BCUT2D eigenvalue weighted by molar-refractivity contribution is 0.199. The van der Waals surface area contributed by atoms with Crippen LogP contribution in [0.15, 0.2) is 18.2 Å². The summed E-state index contributed by atoms with van der Waals surface area (Å²) in [5.74, 6) is 1.03. The summed E-state index contributed by atoms with van der Waals surface area (Å²) in [4.78, 5) is 24.2. The van der Waals surface area contributed by atoms with Gasteiger partial charge in [0.05, 0.1) is 11.0 Å². The molecule has 1 saturated heterocycles. The fraction of sp³-hybridized carbons (Fsp3) is 0.579.